The summed E-state index contributed by atoms with van der Waals surface area (Å²) < 4.78 is 0. The maximum atomic E-state index is 10.8. The average molecular weight is 158 g/mol. The van der Waals surface area contributed by atoms with E-state index in [2.05, 4.69) is 0 Å². The van der Waals surface area contributed by atoms with Crippen LogP contribution < -0.4 is 0 Å². The Kier molecular flexibility index (Phi) is 4.50. The molecule has 0 aliphatic rings. The zero-order valence-corrected chi connectivity index (χ0v) is 6.96. The van der Waals surface area contributed by atoms with Crippen LogP contribution in [0, 0.1) is 5.92 Å². The van der Waals surface area contributed by atoms with Crippen molar-refractivity contribution in [2.24, 2.45) is 5.92 Å². The van der Waals surface area contributed by atoms with E-state index in [-0.39, 0.29) is 18.1 Å². The van der Waals surface area contributed by atoms with Gasteiger partial charge in [0.05, 0.1) is 0 Å². The van der Waals surface area contributed by atoms with Gasteiger partial charge in [0, 0.05) is 19.3 Å². The number of rotatable bonds is 5. The number of carboxylic acid groups (broad SMARTS) is 1. The van der Waals surface area contributed by atoms with Crippen LogP contribution in [0.1, 0.15) is 33.1 Å². The van der Waals surface area contributed by atoms with Crippen LogP contribution in [0.4, 0.5) is 0 Å². The molecule has 0 aliphatic carbocycles. The van der Waals surface area contributed by atoms with Crippen LogP contribution in [0.5, 0.6) is 0 Å². The monoisotopic (exact) mass is 158 g/mol. The van der Waals surface area contributed by atoms with Gasteiger partial charge >= 0.3 is 5.97 Å². The standard InChI is InChI=1S/C8H14O3/c1-3-7(9)4-6(2)5-8(10)11/h6H,3-5H2,1-2H3,(H,10,11)/t6-/m0/s1. The van der Waals surface area contributed by atoms with Crippen LogP contribution in [0.3, 0.4) is 0 Å². The van der Waals surface area contributed by atoms with Crippen molar-refractivity contribution in [3.05, 3.63) is 0 Å². The lowest BCUT2D eigenvalue weighted by Crippen LogP contribution is -2.09. The first-order valence-electron chi connectivity index (χ1n) is 3.79. The van der Waals surface area contributed by atoms with Crippen molar-refractivity contribution in [2.45, 2.75) is 33.1 Å². The van der Waals surface area contributed by atoms with Crippen molar-refractivity contribution < 1.29 is 14.7 Å². The molecule has 11 heavy (non-hydrogen) atoms. The first-order chi connectivity index (χ1) is 5.06. The second-order valence-electron chi connectivity index (χ2n) is 2.80. The molecule has 1 atom stereocenters. The van der Waals surface area contributed by atoms with E-state index in [4.69, 9.17) is 5.11 Å². The fourth-order valence-electron chi connectivity index (χ4n) is 0.903. The fourth-order valence-corrected chi connectivity index (χ4v) is 0.903. The van der Waals surface area contributed by atoms with Gasteiger partial charge in [-0.15, -0.1) is 0 Å². The van der Waals surface area contributed by atoms with Crippen molar-refractivity contribution in [3.8, 4) is 0 Å². The molecule has 0 saturated carbocycles. The molecule has 64 valence electrons. The van der Waals surface area contributed by atoms with Gasteiger partial charge in [0.2, 0.25) is 0 Å². The molecular formula is C8H14O3. The van der Waals surface area contributed by atoms with Crippen LogP contribution >= 0.6 is 0 Å². The van der Waals surface area contributed by atoms with Crippen molar-refractivity contribution >= 4 is 11.8 Å². The smallest absolute Gasteiger partial charge is 0.303 e. The average Bonchev–Trinajstić information content (AvgIpc) is 1.85. The quantitative estimate of drug-likeness (QED) is 0.659. The van der Waals surface area contributed by atoms with Gasteiger partial charge in [-0.1, -0.05) is 13.8 Å². The van der Waals surface area contributed by atoms with E-state index >= 15 is 0 Å². The molecule has 3 nitrogen and oxygen atoms in total. The molecule has 0 amide bonds. The number of carbonyl (C=O) groups is 2. The first kappa shape index (κ1) is 10.1. The van der Waals surface area contributed by atoms with E-state index in [0.29, 0.717) is 12.8 Å². The number of Topliss-reactive ketones (excluding diaryl/α,β-unsaturated/α-hetero) is 1. The second kappa shape index (κ2) is 4.88. The maximum absolute atomic E-state index is 10.8. The predicted molar refractivity (Wildman–Crippen MR) is 41.3 cm³/mol. The molecule has 0 rings (SSSR count). The van der Waals surface area contributed by atoms with Gasteiger partial charge in [0.15, 0.2) is 0 Å². The molecule has 0 aliphatic heterocycles. The van der Waals surface area contributed by atoms with E-state index in [0.717, 1.165) is 0 Å². The highest BCUT2D eigenvalue weighted by atomic mass is 16.4. The predicted octanol–water partition coefficient (Wildman–Crippen LogP) is 1.47. The summed E-state index contributed by atoms with van der Waals surface area (Å²) in [5.41, 5.74) is 0. The fraction of sp³-hybridized carbons (Fsp3) is 0.750. The van der Waals surface area contributed by atoms with E-state index in [9.17, 15) is 9.59 Å². The highest BCUT2D eigenvalue weighted by Crippen LogP contribution is 2.08. The first-order valence-corrected chi connectivity index (χ1v) is 3.79. The molecule has 0 fully saturated rings. The second-order valence-corrected chi connectivity index (χ2v) is 2.80. The van der Waals surface area contributed by atoms with E-state index in [1.54, 1.807) is 13.8 Å². The zero-order valence-electron chi connectivity index (χ0n) is 6.96. The summed E-state index contributed by atoms with van der Waals surface area (Å²) in [4.78, 5) is 21.0. The molecule has 0 radical (unpaired) electrons. The molecule has 3 heteroatoms. The molecule has 0 unspecified atom stereocenters. The number of hydrogen-bond acceptors (Lipinski definition) is 2. The number of carboxylic acids is 1. The summed E-state index contributed by atoms with van der Waals surface area (Å²) in [6.07, 6.45) is 0.985. The van der Waals surface area contributed by atoms with Gasteiger partial charge in [-0.25, -0.2) is 0 Å². The van der Waals surface area contributed by atoms with Crippen LogP contribution in [0.15, 0.2) is 0 Å². The Morgan fingerprint density at radius 2 is 1.91 bits per heavy atom. The maximum Gasteiger partial charge on any atom is 0.303 e. The molecule has 1 N–H and O–H groups in total. The normalized spacial score (nSPS) is 12.5. The highest BCUT2D eigenvalue weighted by Gasteiger charge is 2.10. The minimum Gasteiger partial charge on any atom is -0.481 e. The zero-order chi connectivity index (χ0) is 8.85. The lowest BCUT2D eigenvalue weighted by Gasteiger charge is -2.04. The van der Waals surface area contributed by atoms with Gasteiger partial charge in [0.25, 0.3) is 0 Å². The Morgan fingerprint density at radius 3 is 2.27 bits per heavy atom. The summed E-state index contributed by atoms with van der Waals surface area (Å²) in [6.45, 7) is 3.57. The summed E-state index contributed by atoms with van der Waals surface area (Å²) in [5, 5.41) is 8.36. The Balaban J connectivity index is 3.60. The number of carbonyl (C=O) groups excluding carboxylic acids is 1. The molecule has 0 spiro atoms. The van der Waals surface area contributed by atoms with Gasteiger partial charge in [0.1, 0.15) is 5.78 Å². The topological polar surface area (TPSA) is 54.4 Å². The third-order valence-electron chi connectivity index (χ3n) is 1.49. The minimum absolute atomic E-state index is 0.0278. The number of aliphatic carboxylic acids is 1. The van der Waals surface area contributed by atoms with Gasteiger partial charge < -0.3 is 5.11 Å². The third kappa shape index (κ3) is 5.58. The van der Waals surface area contributed by atoms with Crippen molar-refractivity contribution in [1.29, 1.82) is 0 Å². The Morgan fingerprint density at radius 1 is 1.36 bits per heavy atom. The van der Waals surface area contributed by atoms with Gasteiger partial charge in [-0.05, 0) is 5.92 Å². The molecule has 0 aromatic rings. The summed E-state index contributed by atoms with van der Waals surface area (Å²) in [5.74, 6) is -0.722. The largest absolute Gasteiger partial charge is 0.481 e. The highest BCUT2D eigenvalue weighted by molar-refractivity contribution is 5.79. The van der Waals surface area contributed by atoms with Crippen molar-refractivity contribution in [3.63, 3.8) is 0 Å². The van der Waals surface area contributed by atoms with E-state index < -0.39 is 5.97 Å². The van der Waals surface area contributed by atoms with E-state index in [1.165, 1.54) is 0 Å². The molecule has 0 aromatic carbocycles. The van der Waals surface area contributed by atoms with Crippen LogP contribution in [0.2, 0.25) is 0 Å². The van der Waals surface area contributed by atoms with Crippen LogP contribution in [-0.2, 0) is 9.59 Å². The summed E-state index contributed by atoms with van der Waals surface area (Å²) in [6, 6.07) is 0. The molecular weight excluding hydrogens is 144 g/mol. The minimum atomic E-state index is -0.832. The van der Waals surface area contributed by atoms with Gasteiger partial charge in [-0.2, -0.15) is 0 Å². The molecule has 0 bridgehead atoms. The number of hydrogen-bond donors (Lipinski definition) is 1. The lowest BCUT2D eigenvalue weighted by molar-refractivity contribution is -0.138. The molecule has 0 saturated heterocycles. The van der Waals surface area contributed by atoms with E-state index in [1.807, 2.05) is 0 Å². The van der Waals surface area contributed by atoms with Crippen LogP contribution in [0.25, 0.3) is 0 Å². The third-order valence-corrected chi connectivity index (χ3v) is 1.49. The Bertz CT molecular complexity index is 151. The Labute approximate surface area is 66.4 Å². The summed E-state index contributed by atoms with van der Waals surface area (Å²) >= 11 is 0. The van der Waals surface area contributed by atoms with Crippen LogP contribution in [-0.4, -0.2) is 16.9 Å². The molecule has 0 aromatic heterocycles. The summed E-state index contributed by atoms with van der Waals surface area (Å²) in [7, 11) is 0. The van der Waals surface area contributed by atoms with Gasteiger partial charge in [-0.3, -0.25) is 9.59 Å². The van der Waals surface area contributed by atoms with Crippen molar-refractivity contribution in [2.75, 3.05) is 0 Å². The number of ketones is 1. The lowest BCUT2D eigenvalue weighted by atomic mass is 10.0. The molecule has 0 heterocycles. The van der Waals surface area contributed by atoms with Crippen molar-refractivity contribution in [1.82, 2.24) is 0 Å². The Hall–Kier alpha value is -0.860. The SMILES string of the molecule is CCC(=O)C[C@H](C)CC(=O)O.